The fraction of sp³-hybridized carbons (Fsp3) is 0.529. The molecule has 1 N–H and O–H groups in total. The van der Waals surface area contributed by atoms with Gasteiger partial charge < -0.3 is 9.88 Å². The fourth-order valence-corrected chi connectivity index (χ4v) is 3.93. The average Bonchev–Trinajstić information content (AvgIpc) is 2.83. The average molecular weight is 369 g/mol. The van der Waals surface area contributed by atoms with Gasteiger partial charge in [-0.05, 0) is 24.6 Å². The summed E-state index contributed by atoms with van der Waals surface area (Å²) in [5, 5.41) is 2.62. The van der Waals surface area contributed by atoms with E-state index in [1.54, 1.807) is 17.7 Å². The van der Waals surface area contributed by atoms with Gasteiger partial charge in [-0.1, -0.05) is 19.8 Å². The van der Waals surface area contributed by atoms with Crippen LogP contribution in [0.15, 0.2) is 18.2 Å². The monoisotopic (exact) mass is 369 g/mol. The molecule has 0 saturated carbocycles. The predicted octanol–water partition coefficient (Wildman–Crippen LogP) is 1.98. The minimum absolute atomic E-state index is 0.0462. The molecule has 0 fully saturated rings. The third kappa shape index (κ3) is 5.52. The number of nitrogens with zero attached hydrogens (tertiary/aromatic N) is 2. The number of hydrogen-bond acceptors (Lipinski definition) is 4. The standard InChI is InChI=1S/C17H24FN3O3S/c1-3-4-5-10-25(23,24)12-17(22)19-9-8-16-20-14-7-6-13(18)11-15(14)21(16)2/h6-7,11H,3-5,8-10,12H2,1-2H3,(H,19,22). The van der Waals surface area contributed by atoms with Crippen LogP contribution in [0.2, 0.25) is 0 Å². The van der Waals surface area contributed by atoms with E-state index in [2.05, 4.69) is 10.3 Å². The van der Waals surface area contributed by atoms with E-state index in [1.165, 1.54) is 12.1 Å². The molecule has 0 atom stereocenters. The molecule has 138 valence electrons. The lowest BCUT2D eigenvalue weighted by molar-refractivity contribution is -0.118. The second kappa shape index (κ2) is 8.42. The van der Waals surface area contributed by atoms with E-state index in [-0.39, 0.29) is 18.1 Å². The molecular weight excluding hydrogens is 345 g/mol. The van der Waals surface area contributed by atoms with Crippen LogP contribution in [0.25, 0.3) is 11.0 Å². The number of carbonyl (C=O) groups excluding carboxylic acids is 1. The molecule has 1 heterocycles. The van der Waals surface area contributed by atoms with Crippen molar-refractivity contribution in [3.8, 4) is 0 Å². The summed E-state index contributed by atoms with van der Waals surface area (Å²) in [6, 6.07) is 4.37. The lowest BCUT2D eigenvalue weighted by Crippen LogP contribution is -2.33. The number of fused-ring (bicyclic) bond motifs is 1. The normalized spacial score (nSPS) is 11.8. The highest BCUT2D eigenvalue weighted by Crippen LogP contribution is 2.16. The SMILES string of the molecule is CCCCCS(=O)(=O)CC(=O)NCCc1nc2ccc(F)cc2n1C. The molecule has 2 rings (SSSR count). The van der Waals surface area contributed by atoms with E-state index in [9.17, 15) is 17.6 Å². The van der Waals surface area contributed by atoms with Crippen molar-refractivity contribution in [3.05, 3.63) is 29.8 Å². The van der Waals surface area contributed by atoms with Gasteiger partial charge in [0.25, 0.3) is 0 Å². The first-order chi connectivity index (χ1) is 11.8. The number of aromatic nitrogens is 2. The zero-order valence-corrected chi connectivity index (χ0v) is 15.4. The van der Waals surface area contributed by atoms with Crippen LogP contribution in [0.5, 0.6) is 0 Å². The first-order valence-electron chi connectivity index (χ1n) is 8.40. The number of aryl methyl sites for hydroxylation is 1. The molecule has 25 heavy (non-hydrogen) atoms. The molecular formula is C17H24FN3O3S. The van der Waals surface area contributed by atoms with E-state index < -0.39 is 21.5 Å². The summed E-state index contributed by atoms with van der Waals surface area (Å²) in [6.45, 7) is 2.28. The summed E-state index contributed by atoms with van der Waals surface area (Å²) in [5.41, 5.74) is 1.36. The molecule has 0 aliphatic heterocycles. The van der Waals surface area contributed by atoms with Gasteiger partial charge in [-0.25, -0.2) is 17.8 Å². The van der Waals surface area contributed by atoms with Crippen LogP contribution in [0, 0.1) is 5.82 Å². The Balaban J connectivity index is 1.86. The summed E-state index contributed by atoms with van der Waals surface area (Å²) < 4.78 is 38.7. The predicted molar refractivity (Wildman–Crippen MR) is 95.6 cm³/mol. The summed E-state index contributed by atoms with van der Waals surface area (Å²) in [5.74, 6) is -0.564. The molecule has 0 spiro atoms. The number of carbonyl (C=O) groups is 1. The molecule has 0 radical (unpaired) electrons. The second-order valence-electron chi connectivity index (χ2n) is 6.12. The summed E-state index contributed by atoms with van der Waals surface area (Å²) >= 11 is 0. The number of imidazole rings is 1. The highest BCUT2D eigenvalue weighted by atomic mass is 32.2. The summed E-state index contributed by atoms with van der Waals surface area (Å²) in [6.07, 6.45) is 2.80. The van der Waals surface area contributed by atoms with Crippen molar-refractivity contribution < 1.29 is 17.6 Å². The molecule has 8 heteroatoms. The van der Waals surface area contributed by atoms with Crippen molar-refractivity contribution in [2.45, 2.75) is 32.6 Å². The first-order valence-corrected chi connectivity index (χ1v) is 10.2. The van der Waals surface area contributed by atoms with Gasteiger partial charge in [-0.2, -0.15) is 0 Å². The maximum atomic E-state index is 13.3. The molecule has 0 aliphatic carbocycles. The largest absolute Gasteiger partial charge is 0.355 e. The minimum Gasteiger partial charge on any atom is -0.355 e. The van der Waals surface area contributed by atoms with E-state index in [4.69, 9.17) is 0 Å². The zero-order chi connectivity index (χ0) is 18.4. The molecule has 0 bridgehead atoms. The number of halogens is 1. The smallest absolute Gasteiger partial charge is 0.235 e. The van der Waals surface area contributed by atoms with E-state index in [0.29, 0.717) is 29.7 Å². The van der Waals surface area contributed by atoms with Crippen molar-refractivity contribution >= 4 is 26.8 Å². The Hall–Kier alpha value is -1.96. The molecule has 0 saturated heterocycles. The number of amides is 1. The van der Waals surface area contributed by atoms with Crippen molar-refractivity contribution in [2.24, 2.45) is 7.05 Å². The van der Waals surface area contributed by atoms with Crippen LogP contribution < -0.4 is 5.32 Å². The van der Waals surface area contributed by atoms with Crippen LogP contribution in [0.4, 0.5) is 4.39 Å². The van der Waals surface area contributed by atoms with Crippen molar-refractivity contribution in [1.82, 2.24) is 14.9 Å². The van der Waals surface area contributed by atoms with Crippen molar-refractivity contribution in [1.29, 1.82) is 0 Å². The van der Waals surface area contributed by atoms with Gasteiger partial charge in [0.2, 0.25) is 5.91 Å². The van der Waals surface area contributed by atoms with E-state index >= 15 is 0 Å². The van der Waals surface area contributed by atoms with Gasteiger partial charge in [-0.15, -0.1) is 0 Å². The maximum Gasteiger partial charge on any atom is 0.235 e. The van der Waals surface area contributed by atoms with E-state index in [1.807, 2.05) is 6.92 Å². The fourth-order valence-electron chi connectivity index (χ4n) is 2.65. The highest BCUT2D eigenvalue weighted by Gasteiger charge is 2.16. The van der Waals surface area contributed by atoms with Gasteiger partial charge in [0.05, 0.1) is 16.8 Å². The second-order valence-corrected chi connectivity index (χ2v) is 8.30. The first kappa shape index (κ1) is 19.4. The highest BCUT2D eigenvalue weighted by molar-refractivity contribution is 7.92. The molecule has 0 unspecified atom stereocenters. The Labute approximate surface area is 147 Å². The van der Waals surface area contributed by atoms with Gasteiger partial charge in [0, 0.05) is 20.0 Å². The minimum atomic E-state index is -3.36. The van der Waals surface area contributed by atoms with Crippen molar-refractivity contribution in [2.75, 3.05) is 18.1 Å². The van der Waals surface area contributed by atoms with Crippen molar-refractivity contribution in [3.63, 3.8) is 0 Å². The number of nitrogens with one attached hydrogen (secondary N) is 1. The third-order valence-corrected chi connectivity index (χ3v) is 5.63. The Morgan fingerprint density at radius 1 is 1.32 bits per heavy atom. The Bertz CT molecular complexity index is 846. The van der Waals surface area contributed by atoms with E-state index in [0.717, 1.165) is 12.8 Å². The molecule has 0 aliphatic rings. The van der Waals surface area contributed by atoms with Gasteiger partial charge in [-0.3, -0.25) is 4.79 Å². The topological polar surface area (TPSA) is 81.1 Å². The molecule has 1 amide bonds. The zero-order valence-electron chi connectivity index (χ0n) is 14.6. The number of rotatable bonds is 9. The number of sulfone groups is 1. The number of unbranched alkanes of at least 4 members (excludes halogenated alkanes) is 2. The Kier molecular flexibility index (Phi) is 6.52. The lowest BCUT2D eigenvalue weighted by atomic mass is 10.3. The van der Waals surface area contributed by atoms with Crippen LogP contribution in [0.3, 0.4) is 0 Å². The van der Waals surface area contributed by atoms with Crippen LogP contribution in [-0.2, 0) is 28.1 Å². The third-order valence-electron chi connectivity index (χ3n) is 4.02. The molecule has 2 aromatic rings. The summed E-state index contributed by atoms with van der Waals surface area (Å²) in [7, 11) is -1.57. The molecule has 1 aromatic carbocycles. The van der Waals surface area contributed by atoms with Gasteiger partial charge in [0.1, 0.15) is 17.4 Å². The Morgan fingerprint density at radius 3 is 2.80 bits per heavy atom. The summed E-state index contributed by atoms with van der Waals surface area (Å²) in [4.78, 5) is 16.2. The molecule has 6 nitrogen and oxygen atoms in total. The lowest BCUT2D eigenvalue weighted by Gasteiger charge is -2.07. The van der Waals surface area contributed by atoms with Crippen LogP contribution in [0.1, 0.15) is 32.0 Å². The van der Waals surface area contributed by atoms with Crippen LogP contribution in [-0.4, -0.2) is 41.9 Å². The number of benzene rings is 1. The number of hydrogen-bond donors (Lipinski definition) is 1. The van der Waals surface area contributed by atoms with Gasteiger partial charge in [0.15, 0.2) is 9.84 Å². The quantitative estimate of drug-likeness (QED) is 0.685. The van der Waals surface area contributed by atoms with Crippen LogP contribution >= 0.6 is 0 Å². The maximum absolute atomic E-state index is 13.3. The Morgan fingerprint density at radius 2 is 2.08 bits per heavy atom. The molecule has 1 aromatic heterocycles. The van der Waals surface area contributed by atoms with Gasteiger partial charge >= 0.3 is 0 Å².